The van der Waals surface area contributed by atoms with Gasteiger partial charge >= 0.3 is 0 Å². The van der Waals surface area contributed by atoms with Crippen molar-refractivity contribution in [1.82, 2.24) is 10.3 Å². The summed E-state index contributed by atoms with van der Waals surface area (Å²) in [6, 6.07) is 4.19. The highest BCUT2D eigenvalue weighted by molar-refractivity contribution is 14.0. The third kappa shape index (κ3) is 6.93. The molecule has 0 aromatic carbocycles. The maximum Gasteiger partial charge on any atom is 0.188 e. The molecular formula is C17H30IN5. The maximum atomic E-state index is 5.84. The Labute approximate surface area is 157 Å². The van der Waals surface area contributed by atoms with E-state index in [9.17, 15) is 0 Å². The molecule has 130 valence electrons. The Bertz CT molecular complexity index is 478. The largest absolute Gasteiger partial charge is 0.370 e. The molecule has 1 aromatic heterocycles. The van der Waals surface area contributed by atoms with E-state index < -0.39 is 0 Å². The zero-order valence-electron chi connectivity index (χ0n) is 14.5. The number of anilines is 1. The van der Waals surface area contributed by atoms with Crippen LogP contribution in [-0.2, 0) is 6.54 Å². The van der Waals surface area contributed by atoms with Gasteiger partial charge in [-0.15, -0.1) is 24.0 Å². The van der Waals surface area contributed by atoms with Gasteiger partial charge in [-0.3, -0.25) is 0 Å². The van der Waals surface area contributed by atoms with Gasteiger partial charge in [0, 0.05) is 25.8 Å². The first-order valence-electron chi connectivity index (χ1n) is 8.28. The molecule has 0 aliphatic carbocycles. The first-order valence-corrected chi connectivity index (χ1v) is 8.28. The predicted octanol–water partition coefficient (Wildman–Crippen LogP) is 3.00. The fourth-order valence-electron chi connectivity index (χ4n) is 2.48. The van der Waals surface area contributed by atoms with E-state index in [-0.39, 0.29) is 24.0 Å². The van der Waals surface area contributed by atoms with Crippen LogP contribution < -0.4 is 16.0 Å². The average molecular weight is 431 g/mol. The Hall–Kier alpha value is -1.05. The standard InChI is InChI=1S/C17H29N5.HI/c1-13(2)10-20-17(18)21-12-15-4-5-16(19-11-15)22-8-6-14(3)7-9-22;/h4-5,11,13-14H,6-10,12H2,1-3H3,(H3,18,20,21);1H. The van der Waals surface area contributed by atoms with E-state index in [1.54, 1.807) is 0 Å². The van der Waals surface area contributed by atoms with E-state index in [4.69, 9.17) is 5.73 Å². The molecule has 1 aromatic rings. The van der Waals surface area contributed by atoms with Crippen LogP contribution >= 0.6 is 24.0 Å². The molecule has 0 spiro atoms. The number of aromatic nitrogens is 1. The van der Waals surface area contributed by atoms with Crippen LogP contribution in [0.5, 0.6) is 0 Å². The van der Waals surface area contributed by atoms with Gasteiger partial charge in [-0.1, -0.05) is 26.8 Å². The fraction of sp³-hybridized carbons (Fsp3) is 0.647. The molecule has 6 heteroatoms. The zero-order valence-corrected chi connectivity index (χ0v) is 16.8. The van der Waals surface area contributed by atoms with Crippen molar-refractivity contribution in [2.75, 3.05) is 24.5 Å². The highest BCUT2D eigenvalue weighted by Crippen LogP contribution is 2.21. The van der Waals surface area contributed by atoms with Crippen LogP contribution in [0.2, 0.25) is 0 Å². The minimum Gasteiger partial charge on any atom is -0.370 e. The number of nitrogens with one attached hydrogen (secondary N) is 1. The van der Waals surface area contributed by atoms with Gasteiger partial charge in [0.15, 0.2) is 5.96 Å². The number of aliphatic imine (C=N–C) groups is 1. The Balaban J connectivity index is 0.00000264. The van der Waals surface area contributed by atoms with Crippen LogP contribution in [0.25, 0.3) is 0 Å². The summed E-state index contributed by atoms with van der Waals surface area (Å²) in [6.45, 7) is 10.2. The third-order valence-corrected chi connectivity index (χ3v) is 4.04. The summed E-state index contributed by atoms with van der Waals surface area (Å²) >= 11 is 0. The molecule has 0 unspecified atom stereocenters. The summed E-state index contributed by atoms with van der Waals surface area (Å²) < 4.78 is 0. The number of pyridine rings is 1. The molecule has 1 aliphatic rings. The molecule has 0 bridgehead atoms. The summed E-state index contributed by atoms with van der Waals surface area (Å²) in [5.41, 5.74) is 6.93. The average Bonchev–Trinajstić information content (AvgIpc) is 2.52. The number of rotatable bonds is 5. The topological polar surface area (TPSA) is 66.5 Å². The highest BCUT2D eigenvalue weighted by atomic mass is 127. The lowest BCUT2D eigenvalue weighted by molar-refractivity contribution is 0.436. The van der Waals surface area contributed by atoms with Crippen LogP contribution in [-0.4, -0.2) is 30.6 Å². The minimum atomic E-state index is 0. The number of nitrogens with two attached hydrogens (primary N) is 1. The summed E-state index contributed by atoms with van der Waals surface area (Å²) in [7, 11) is 0. The van der Waals surface area contributed by atoms with Crippen LogP contribution in [0.15, 0.2) is 23.3 Å². The number of halogens is 1. The zero-order chi connectivity index (χ0) is 15.9. The molecule has 1 aliphatic heterocycles. The van der Waals surface area contributed by atoms with Crippen molar-refractivity contribution < 1.29 is 0 Å². The highest BCUT2D eigenvalue weighted by Gasteiger charge is 2.16. The van der Waals surface area contributed by atoms with Crippen LogP contribution in [0.1, 0.15) is 39.2 Å². The monoisotopic (exact) mass is 431 g/mol. The van der Waals surface area contributed by atoms with Gasteiger partial charge < -0.3 is 16.0 Å². The van der Waals surface area contributed by atoms with Gasteiger partial charge in [-0.05, 0) is 36.3 Å². The molecule has 3 N–H and O–H groups in total. The van der Waals surface area contributed by atoms with E-state index in [2.05, 4.69) is 53.1 Å². The van der Waals surface area contributed by atoms with Crippen molar-refractivity contribution in [3.8, 4) is 0 Å². The van der Waals surface area contributed by atoms with E-state index in [0.717, 1.165) is 36.9 Å². The Morgan fingerprint density at radius 2 is 2.09 bits per heavy atom. The second kappa shape index (κ2) is 9.95. The summed E-state index contributed by atoms with van der Waals surface area (Å²) in [4.78, 5) is 11.3. The number of guanidine groups is 1. The molecule has 0 saturated carbocycles. The second-order valence-electron chi connectivity index (χ2n) is 6.67. The Morgan fingerprint density at radius 1 is 1.39 bits per heavy atom. The Kier molecular flexibility index (Phi) is 8.65. The molecule has 0 atom stereocenters. The van der Waals surface area contributed by atoms with Crippen molar-refractivity contribution >= 4 is 35.8 Å². The lowest BCUT2D eigenvalue weighted by Gasteiger charge is -2.31. The van der Waals surface area contributed by atoms with Crippen LogP contribution in [0.3, 0.4) is 0 Å². The molecule has 23 heavy (non-hydrogen) atoms. The van der Waals surface area contributed by atoms with Gasteiger partial charge in [-0.2, -0.15) is 0 Å². The van der Waals surface area contributed by atoms with Gasteiger partial charge in [0.1, 0.15) is 5.82 Å². The second-order valence-corrected chi connectivity index (χ2v) is 6.67. The first kappa shape index (κ1) is 20.0. The summed E-state index contributed by atoms with van der Waals surface area (Å²) in [6.07, 6.45) is 4.42. The molecule has 5 nitrogen and oxygen atoms in total. The number of nitrogens with zero attached hydrogens (tertiary/aromatic N) is 3. The number of hydrogen-bond donors (Lipinski definition) is 2. The van der Waals surface area contributed by atoms with Crippen molar-refractivity contribution in [3.63, 3.8) is 0 Å². The maximum absolute atomic E-state index is 5.84. The smallest absolute Gasteiger partial charge is 0.188 e. The van der Waals surface area contributed by atoms with Crippen LogP contribution in [0.4, 0.5) is 5.82 Å². The molecule has 0 amide bonds. The number of piperidine rings is 1. The lowest BCUT2D eigenvalue weighted by Crippen LogP contribution is -2.34. The van der Waals surface area contributed by atoms with E-state index in [1.807, 2.05) is 6.20 Å². The predicted molar refractivity (Wildman–Crippen MR) is 108 cm³/mol. The van der Waals surface area contributed by atoms with Crippen LogP contribution in [0, 0.1) is 11.8 Å². The SMILES string of the molecule is CC(C)CNC(N)=NCc1ccc(N2CCC(C)CC2)nc1.I. The molecule has 1 fully saturated rings. The number of hydrogen-bond acceptors (Lipinski definition) is 3. The van der Waals surface area contributed by atoms with Crippen molar-refractivity contribution in [1.29, 1.82) is 0 Å². The lowest BCUT2D eigenvalue weighted by atomic mass is 9.99. The quantitative estimate of drug-likeness (QED) is 0.428. The summed E-state index contributed by atoms with van der Waals surface area (Å²) in [5.74, 6) is 2.97. The summed E-state index contributed by atoms with van der Waals surface area (Å²) in [5, 5.41) is 3.12. The normalized spacial score (nSPS) is 16.3. The molecular weight excluding hydrogens is 401 g/mol. The van der Waals surface area contributed by atoms with E-state index >= 15 is 0 Å². The van der Waals surface area contributed by atoms with Gasteiger partial charge in [-0.25, -0.2) is 9.98 Å². The first-order chi connectivity index (χ1) is 10.5. The third-order valence-electron chi connectivity index (χ3n) is 4.04. The van der Waals surface area contributed by atoms with Gasteiger partial charge in [0.2, 0.25) is 0 Å². The van der Waals surface area contributed by atoms with Gasteiger partial charge in [0.05, 0.1) is 6.54 Å². The fourth-order valence-corrected chi connectivity index (χ4v) is 2.48. The van der Waals surface area contributed by atoms with E-state index in [0.29, 0.717) is 18.4 Å². The van der Waals surface area contributed by atoms with Crippen molar-refractivity contribution in [2.24, 2.45) is 22.6 Å². The minimum absolute atomic E-state index is 0. The molecule has 2 heterocycles. The van der Waals surface area contributed by atoms with Crippen molar-refractivity contribution in [3.05, 3.63) is 23.9 Å². The molecule has 2 rings (SSSR count). The molecule has 1 saturated heterocycles. The molecule has 0 radical (unpaired) electrons. The van der Waals surface area contributed by atoms with E-state index in [1.165, 1.54) is 12.8 Å². The Morgan fingerprint density at radius 3 is 2.65 bits per heavy atom. The van der Waals surface area contributed by atoms with Gasteiger partial charge in [0.25, 0.3) is 0 Å². The van der Waals surface area contributed by atoms with Crippen molar-refractivity contribution in [2.45, 2.75) is 40.2 Å².